The maximum atomic E-state index is 10.5. The average molecular weight is 208 g/mol. The van der Waals surface area contributed by atoms with Gasteiger partial charge in [0.25, 0.3) is 0 Å². The normalized spacial score (nSPS) is 10.4. The van der Waals surface area contributed by atoms with Gasteiger partial charge in [0.05, 0.1) is 7.11 Å². The monoisotopic (exact) mass is 208 g/mol. The van der Waals surface area contributed by atoms with E-state index in [1.807, 2.05) is 0 Å². The number of thiol groups is 1. The summed E-state index contributed by atoms with van der Waals surface area (Å²) in [6.45, 7) is 0. The molecule has 0 aliphatic heterocycles. The summed E-state index contributed by atoms with van der Waals surface area (Å²) in [4.78, 5) is 10.5. The minimum Gasteiger partial charge on any atom is -0.495 e. The lowest BCUT2D eigenvalue weighted by atomic mass is 10.2. The summed E-state index contributed by atoms with van der Waals surface area (Å²) >= 11 is 4.20. The Hall–Kier alpha value is -1.49. The first-order valence-electron chi connectivity index (χ1n) is 3.98. The maximum absolute atomic E-state index is 10.5. The lowest BCUT2D eigenvalue weighted by molar-refractivity contribution is 0.419. The van der Waals surface area contributed by atoms with E-state index >= 15 is 0 Å². The van der Waals surface area contributed by atoms with E-state index < -0.39 is 0 Å². The number of aromatic nitrogens is 1. The number of rotatable bonds is 2. The van der Waals surface area contributed by atoms with Gasteiger partial charge < -0.3 is 4.74 Å². The lowest BCUT2D eigenvalue weighted by Crippen LogP contribution is -1.86. The van der Waals surface area contributed by atoms with Gasteiger partial charge in [-0.15, -0.1) is 4.91 Å². The highest BCUT2D eigenvalue weighted by atomic mass is 32.1. The first-order chi connectivity index (χ1) is 6.77. The van der Waals surface area contributed by atoms with Crippen molar-refractivity contribution >= 4 is 29.4 Å². The highest BCUT2D eigenvalue weighted by Gasteiger charge is 2.09. The van der Waals surface area contributed by atoms with E-state index in [4.69, 9.17) is 4.74 Å². The number of ether oxygens (including phenoxy) is 1. The first kappa shape index (κ1) is 9.08. The summed E-state index contributed by atoms with van der Waals surface area (Å²) in [6.07, 6.45) is 1.74. The third-order valence-corrected chi connectivity index (χ3v) is 2.42. The third kappa shape index (κ3) is 1.17. The Morgan fingerprint density at radius 3 is 2.86 bits per heavy atom. The van der Waals surface area contributed by atoms with E-state index in [1.54, 1.807) is 35.5 Å². The second kappa shape index (κ2) is 3.34. The smallest absolute Gasteiger partial charge is 0.144 e. The highest BCUT2D eigenvalue weighted by Crippen LogP contribution is 2.34. The van der Waals surface area contributed by atoms with Crippen molar-refractivity contribution in [2.45, 2.75) is 0 Å². The van der Waals surface area contributed by atoms with E-state index in [1.165, 1.54) is 0 Å². The molecule has 0 atom stereocenters. The fourth-order valence-corrected chi connectivity index (χ4v) is 1.71. The van der Waals surface area contributed by atoms with Crippen LogP contribution in [0.25, 0.3) is 10.9 Å². The van der Waals surface area contributed by atoms with Crippen LogP contribution in [0, 0.1) is 4.91 Å². The quantitative estimate of drug-likeness (QED) is 0.609. The molecule has 1 aromatic heterocycles. The summed E-state index contributed by atoms with van der Waals surface area (Å²) < 4.78 is 6.75. The van der Waals surface area contributed by atoms with Crippen molar-refractivity contribution in [2.24, 2.45) is 5.18 Å². The predicted molar refractivity (Wildman–Crippen MR) is 58.3 cm³/mol. The number of benzene rings is 1. The Labute approximate surface area is 86.0 Å². The van der Waals surface area contributed by atoms with Crippen molar-refractivity contribution in [3.63, 3.8) is 0 Å². The van der Waals surface area contributed by atoms with Crippen LogP contribution in [-0.4, -0.2) is 11.1 Å². The number of methoxy groups -OCH3 is 1. The van der Waals surface area contributed by atoms with Crippen molar-refractivity contribution in [3.05, 3.63) is 29.3 Å². The minimum absolute atomic E-state index is 0.397. The molecule has 0 fully saturated rings. The van der Waals surface area contributed by atoms with Crippen LogP contribution in [0.3, 0.4) is 0 Å². The fourth-order valence-electron chi connectivity index (χ4n) is 1.44. The van der Waals surface area contributed by atoms with Crippen LogP contribution in [0.5, 0.6) is 5.75 Å². The summed E-state index contributed by atoms with van der Waals surface area (Å²) in [5, 5.41) is 3.68. The predicted octanol–water partition coefficient (Wildman–Crippen LogP) is 2.74. The van der Waals surface area contributed by atoms with Crippen LogP contribution < -0.4 is 4.74 Å². The second-order valence-electron chi connectivity index (χ2n) is 2.80. The molecule has 0 saturated heterocycles. The van der Waals surface area contributed by atoms with Crippen molar-refractivity contribution in [2.75, 3.05) is 7.11 Å². The molecule has 2 rings (SSSR count). The van der Waals surface area contributed by atoms with Gasteiger partial charge in [-0.2, -0.15) is 0 Å². The van der Waals surface area contributed by atoms with Crippen molar-refractivity contribution < 1.29 is 4.74 Å². The van der Waals surface area contributed by atoms with Gasteiger partial charge in [0.15, 0.2) is 0 Å². The average Bonchev–Trinajstić information content (AvgIpc) is 2.60. The maximum Gasteiger partial charge on any atom is 0.144 e. The standard InChI is InChI=1S/C9H8N2O2S/c1-13-8-3-2-7(10-12)6-4-5-11(14)9(6)8/h2-5,14H,1H3. The molecule has 1 aromatic carbocycles. The molecule has 0 aliphatic rings. The third-order valence-electron chi connectivity index (χ3n) is 2.09. The Kier molecular flexibility index (Phi) is 2.17. The Morgan fingerprint density at radius 2 is 2.21 bits per heavy atom. The molecule has 0 radical (unpaired) electrons. The van der Waals surface area contributed by atoms with E-state index in [9.17, 15) is 4.91 Å². The van der Waals surface area contributed by atoms with Crippen LogP contribution in [0.15, 0.2) is 29.6 Å². The largest absolute Gasteiger partial charge is 0.495 e. The van der Waals surface area contributed by atoms with Crippen LogP contribution >= 0.6 is 12.8 Å². The van der Waals surface area contributed by atoms with Gasteiger partial charge in [0, 0.05) is 11.6 Å². The molecule has 0 aliphatic carbocycles. The van der Waals surface area contributed by atoms with Gasteiger partial charge in [-0.1, -0.05) is 12.8 Å². The number of nitrogens with zero attached hydrogens (tertiary/aromatic N) is 2. The second-order valence-corrected chi connectivity index (χ2v) is 3.23. The molecule has 72 valence electrons. The van der Waals surface area contributed by atoms with Crippen LogP contribution in [-0.2, 0) is 0 Å². The SMILES string of the molecule is COc1ccc(N=O)c2ccn(S)c12. The van der Waals surface area contributed by atoms with Gasteiger partial charge >= 0.3 is 0 Å². The molecule has 0 unspecified atom stereocenters. The molecule has 14 heavy (non-hydrogen) atoms. The Morgan fingerprint density at radius 1 is 1.43 bits per heavy atom. The number of hydrogen-bond acceptors (Lipinski definition) is 4. The zero-order chi connectivity index (χ0) is 10.1. The molecule has 0 spiro atoms. The molecule has 0 N–H and O–H groups in total. The molecule has 0 amide bonds. The number of hydrogen-bond donors (Lipinski definition) is 1. The van der Waals surface area contributed by atoms with E-state index in [0.717, 1.165) is 10.9 Å². The summed E-state index contributed by atoms with van der Waals surface area (Å²) in [5.74, 6) is 0.674. The molecule has 1 heterocycles. The molecular formula is C9H8N2O2S. The van der Waals surface area contributed by atoms with Gasteiger partial charge in [-0.05, 0) is 23.4 Å². The molecule has 4 nitrogen and oxygen atoms in total. The minimum atomic E-state index is 0.397. The molecule has 2 aromatic rings. The summed E-state index contributed by atoms with van der Waals surface area (Å²) in [6, 6.07) is 5.11. The fraction of sp³-hybridized carbons (Fsp3) is 0.111. The van der Waals surface area contributed by atoms with Gasteiger partial charge in [-0.25, -0.2) is 0 Å². The molecular weight excluding hydrogens is 200 g/mol. The Bertz CT molecular complexity index is 493. The van der Waals surface area contributed by atoms with Crippen molar-refractivity contribution in [1.82, 2.24) is 3.97 Å². The zero-order valence-corrected chi connectivity index (χ0v) is 8.36. The van der Waals surface area contributed by atoms with Crippen LogP contribution in [0.1, 0.15) is 0 Å². The number of fused-ring (bicyclic) bond motifs is 1. The topological polar surface area (TPSA) is 43.6 Å². The van der Waals surface area contributed by atoms with Gasteiger partial charge in [-0.3, -0.25) is 3.97 Å². The van der Waals surface area contributed by atoms with Crippen LogP contribution in [0.2, 0.25) is 0 Å². The lowest BCUT2D eigenvalue weighted by Gasteiger charge is -2.04. The highest BCUT2D eigenvalue weighted by molar-refractivity contribution is 7.78. The first-order valence-corrected chi connectivity index (χ1v) is 4.38. The zero-order valence-electron chi connectivity index (χ0n) is 7.47. The van der Waals surface area contributed by atoms with Gasteiger partial charge in [0.1, 0.15) is 17.0 Å². The van der Waals surface area contributed by atoms with E-state index in [0.29, 0.717) is 11.4 Å². The van der Waals surface area contributed by atoms with Crippen molar-refractivity contribution in [1.29, 1.82) is 0 Å². The molecule has 0 saturated carbocycles. The van der Waals surface area contributed by atoms with Crippen LogP contribution in [0.4, 0.5) is 5.69 Å². The number of nitroso groups, excluding NO2 is 1. The summed E-state index contributed by atoms with van der Waals surface area (Å²) in [5.41, 5.74) is 1.15. The summed E-state index contributed by atoms with van der Waals surface area (Å²) in [7, 11) is 1.57. The molecule has 5 heteroatoms. The van der Waals surface area contributed by atoms with E-state index in [-0.39, 0.29) is 0 Å². The molecule has 0 bridgehead atoms. The Balaban J connectivity index is 2.87. The van der Waals surface area contributed by atoms with Gasteiger partial charge in [0.2, 0.25) is 0 Å². The van der Waals surface area contributed by atoms with Crippen molar-refractivity contribution in [3.8, 4) is 5.75 Å². The van der Waals surface area contributed by atoms with E-state index in [2.05, 4.69) is 18.0 Å².